The van der Waals surface area contributed by atoms with Crippen LogP contribution in [0.25, 0.3) is 0 Å². The molecule has 3 unspecified atom stereocenters. The van der Waals surface area contributed by atoms with Gasteiger partial charge in [0.25, 0.3) is 0 Å². The maximum absolute atomic E-state index is 6.20. The van der Waals surface area contributed by atoms with Gasteiger partial charge in [-0.3, -0.25) is 0 Å². The summed E-state index contributed by atoms with van der Waals surface area (Å²) in [6.07, 6.45) is 2.18. The standard InChI is InChI=1S/C18H22N2/c19-16(11-14-7-3-1-4-8-14)13-20-18-12-17(18)15-9-5-2-6-10-15/h1-10,16-18,20H,11-13,19H2. The summed E-state index contributed by atoms with van der Waals surface area (Å²) in [5.74, 6) is 0.681. The van der Waals surface area contributed by atoms with Crippen molar-refractivity contribution in [2.75, 3.05) is 6.54 Å². The van der Waals surface area contributed by atoms with E-state index in [2.05, 4.69) is 59.9 Å². The minimum absolute atomic E-state index is 0.189. The molecule has 0 saturated heterocycles. The lowest BCUT2D eigenvalue weighted by Gasteiger charge is -2.13. The van der Waals surface area contributed by atoms with Crippen molar-refractivity contribution in [1.29, 1.82) is 0 Å². The minimum atomic E-state index is 0.189. The highest BCUT2D eigenvalue weighted by Gasteiger charge is 2.37. The highest BCUT2D eigenvalue weighted by Crippen LogP contribution is 2.40. The van der Waals surface area contributed by atoms with Crippen LogP contribution in [0.3, 0.4) is 0 Å². The van der Waals surface area contributed by atoms with Gasteiger partial charge in [-0.2, -0.15) is 0 Å². The van der Waals surface area contributed by atoms with Gasteiger partial charge >= 0.3 is 0 Å². The summed E-state index contributed by atoms with van der Waals surface area (Å²) in [4.78, 5) is 0. The molecular formula is C18H22N2. The SMILES string of the molecule is NC(CNC1CC1c1ccccc1)Cc1ccccc1. The molecule has 0 radical (unpaired) electrons. The highest BCUT2D eigenvalue weighted by atomic mass is 15.0. The quantitative estimate of drug-likeness (QED) is 0.843. The number of hydrogen-bond donors (Lipinski definition) is 2. The zero-order valence-corrected chi connectivity index (χ0v) is 11.7. The molecular weight excluding hydrogens is 244 g/mol. The molecule has 0 aromatic heterocycles. The van der Waals surface area contributed by atoms with Gasteiger partial charge in [0.1, 0.15) is 0 Å². The summed E-state index contributed by atoms with van der Waals surface area (Å²) < 4.78 is 0. The number of nitrogens with one attached hydrogen (secondary N) is 1. The van der Waals surface area contributed by atoms with E-state index in [9.17, 15) is 0 Å². The average Bonchev–Trinajstić information content (AvgIpc) is 3.27. The summed E-state index contributed by atoms with van der Waals surface area (Å²) in [6, 6.07) is 22.0. The smallest absolute Gasteiger partial charge is 0.0206 e. The Balaban J connectivity index is 1.43. The van der Waals surface area contributed by atoms with E-state index in [-0.39, 0.29) is 6.04 Å². The van der Waals surface area contributed by atoms with Crippen molar-refractivity contribution in [3.63, 3.8) is 0 Å². The van der Waals surface area contributed by atoms with E-state index in [4.69, 9.17) is 5.73 Å². The molecule has 104 valence electrons. The van der Waals surface area contributed by atoms with E-state index in [1.165, 1.54) is 17.5 Å². The lowest BCUT2D eigenvalue weighted by atomic mass is 10.1. The molecule has 20 heavy (non-hydrogen) atoms. The third-order valence-electron chi connectivity index (χ3n) is 4.00. The van der Waals surface area contributed by atoms with Crippen molar-refractivity contribution in [2.45, 2.75) is 30.8 Å². The Morgan fingerprint density at radius 1 is 1.00 bits per heavy atom. The number of rotatable bonds is 6. The van der Waals surface area contributed by atoms with Crippen LogP contribution >= 0.6 is 0 Å². The predicted molar refractivity (Wildman–Crippen MR) is 83.7 cm³/mol. The Morgan fingerprint density at radius 2 is 1.65 bits per heavy atom. The lowest BCUT2D eigenvalue weighted by Crippen LogP contribution is -2.36. The van der Waals surface area contributed by atoms with Gasteiger partial charge in [0.2, 0.25) is 0 Å². The highest BCUT2D eigenvalue weighted by molar-refractivity contribution is 5.27. The van der Waals surface area contributed by atoms with Crippen LogP contribution in [-0.2, 0) is 6.42 Å². The molecule has 0 bridgehead atoms. The fourth-order valence-electron chi connectivity index (χ4n) is 2.78. The second-order valence-corrected chi connectivity index (χ2v) is 5.72. The van der Waals surface area contributed by atoms with Crippen LogP contribution in [0.15, 0.2) is 60.7 Å². The van der Waals surface area contributed by atoms with Crippen molar-refractivity contribution in [3.05, 3.63) is 71.8 Å². The number of hydrogen-bond acceptors (Lipinski definition) is 2. The van der Waals surface area contributed by atoms with Crippen LogP contribution in [0.2, 0.25) is 0 Å². The first-order valence-electron chi connectivity index (χ1n) is 7.41. The topological polar surface area (TPSA) is 38.0 Å². The lowest BCUT2D eigenvalue weighted by molar-refractivity contribution is 0.565. The van der Waals surface area contributed by atoms with Gasteiger partial charge in [-0.25, -0.2) is 0 Å². The second-order valence-electron chi connectivity index (χ2n) is 5.72. The molecule has 0 heterocycles. The first-order valence-corrected chi connectivity index (χ1v) is 7.41. The van der Waals surface area contributed by atoms with E-state index in [0.717, 1.165) is 13.0 Å². The van der Waals surface area contributed by atoms with Crippen LogP contribution in [0, 0.1) is 0 Å². The van der Waals surface area contributed by atoms with Crippen LogP contribution in [0.1, 0.15) is 23.5 Å². The van der Waals surface area contributed by atoms with Crippen molar-refractivity contribution in [3.8, 4) is 0 Å². The summed E-state index contributed by atoms with van der Waals surface area (Å²) in [6.45, 7) is 0.892. The van der Waals surface area contributed by atoms with Gasteiger partial charge < -0.3 is 11.1 Å². The van der Waals surface area contributed by atoms with Crippen LogP contribution in [0.5, 0.6) is 0 Å². The monoisotopic (exact) mass is 266 g/mol. The third kappa shape index (κ3) is 3.47. The number of nitrogens with two attached hydrogens (primary N) is 1. The Kier molecular flexibility index (Phi) is 4.14. The maximum Gasteiger partial charge on any atom is 0.0206 e. The first kappa shape index (κ1) is 13.3. The Labute approximate surface area is 121 Å². The molecule has 1 aliphatic carbocycles. The molecule has 1 fully saturated rings. The van der Waals surface area contributed by atoms with Crippen molar-refractivity contribution in [1.82, 2.24) is 5.32 Å². The van der Waals surface area contributed by atoms with Gasteiger partial charge in [-0.1, -0.05) is 60.7 Å². The molecule has 0 aliphatic heterocycles. The van der Waals surface area contributed by atoms with E-state index in [1.807, 2.05) is 6.07 Å². The normalized spacial score (nSPS) is 22.4. The van der Waals surface area contributed by atoms with Crippen molar-refractivity contribution in [2.24, 2.45) is 5.73 Å². The largest absolute Gasteiger partial charge is 0.326 e. The molecule has 3 rings (SSSR count). The molecule has 0 spiro atoms. The first-order chi connectivity index (χ1) is 9.83. The molecule has 2 heteroatoms. The van der Waals surface area contributed by atoms with E-state index >= 15 is 0 Å². The van der Waals surface area contributed by atoms with Gasteiger partial charge in [0.15, 0.2) is 0 Å². The molecule has 3 atom stereocenters. The molecule has 1 aliphatic rings. The molecule has 2 aromatic rings. The Bertz CT molecular complexity index is 522. The summed E-state index contributed by atoms with van der Waals surface area (Å²) in [5.41, 5.74) is 8.97. The van der Waals surface area contributed by atoms with Crippen LogP contribution in [-0.4, -0.2) is 18.6 Å². The van der Waals surface area contributed by atoms with Gasteiger partial charge in [-0.05, 0) is 24.0 Å². The van der Waals surface area contributed by atoms with Crippen molar-refractivity contribution >= 4 is 0 Å². The van der Waals surface area contributed by atoms with Gasteiger partial charge in [0.05, 0.1) is 0 Å². The molecule has 2 nitrogen and oxygen atoms in total. The zero-order chi connectivity index (χ0) is 13.8. The molecule has 2 aromatic carbocycles. The van der Waals surface area contributed by atoms with E-state index in [1.54, 1.807) is 0 Å². The van der Waals surface area contributed by atoms with E-state index in [0.29, 0.717) is 12.0 Å². The minimum Gasteiger partial charge on any atom is -0.326 e. The molecule has 0 amide bonds. The van der Waals surface area contributed by atoms with Crippen molar-refractivity contribution < 1.29 is 0 Å². The third-order valence-corrected chi connectivity index (χ3v) is 4.00. The summed E-state index contributed by atoms with van der Waals surface area (Å²) in [5, 5.41) is 3.60. The Morgan fingerprint density at radius 3 is 2.35 bits per heavy atom. The molecule has 1 saturated carbocycles. The summed E-state index contributed by atoms with van der Waals surface area (Å²) >= 11 is 0. The predicted octanol–water partition coefficient (Wildman–Crippen LogP) is 2.70. The molecule has 3 N–H and O–H groups in total. The zero-order valence-electron chi connectivity index (χ0n) is 11.7. The van der Waals surface area contributed by atoms with Crippen LogP contribution < -0.4 is 11.1 Å². The Hall–Kier alpha value is -1.64. The maximum atomic E-state index is 6.20. The summed E-state index contributed by atoms with van der Waals surface area (Å²) in [7, 11) is 0. The van der Waals surface area contributed by atoms with E-state index < -0.39 is 0 Å². The number of benzene rings is 2. The second kappa shape index (κ2) is 6.21. The average molecular weight is 266 g/mol. The fourth-order valence-corrected chi connectivity index (χ4v) is 2.78. The fraction of sp³-hybridized carbons (Fsp3) is 0.333. The van der Waals surface area contributed by atoms with Gasteiger partial charge in [0, 0.05) is 24.5 Å². The van der Waals surface area contributed by atoms with Gasteiger partial charge in [-0.15, -0.1) is 0 Å². The van der Waals surface area contributed by atoms with Crippen LogP contribution in [0.4, 0.5) is 0 Å².